The summed E-state index contributed by atoms with van der Waals surface area (Å²) in [6.45, 7) is 5.68. The van der Waals surface area contributed by atoms with Crippen LogP contribution >= 0.6 is 0 Å². The molecule has 0 spiro atoms. The Kier molecular flexibility index (Phi) is 5.18. The number of hydrogen-bond acceptors (Lipinski definition) is 4. The molecular weight excluding hydrogens is 308 g/mol. The van der Waals surface area contributed by atoms with Gasteiger partial charge in [-0.05, 0) is 45.1 Å². The second-order valence-electron chi connectivity index (χ2n) is 6.30. The molecule has 0 fully saturated rings. The summed E-state index contributed by atoms with van der Waals surface area (Å²) in [4.78, 5) is 22.7. The van der Waals surface area contributed by atoms with Crippen molar-refractivity contribution in [3.63, 3.8) is 0 Å². The lowest BCUT2D eigenvalue weighted by Gasteiger charge is -2.18. The topological polar surface area (TPSA) is 81.4 Å². The number of ketones is 1. The van der Waals surface area contributed by atoms with Crippen LogP contribution in [0.4, 0.5) is 0 Å². The fraction of sp³-hybridized carbons (Fsp3) is 0.278. The van der Waals surface area contributed by atoms with Gasteiger partial charge in [0.15, 0.2) is 12.4 Å². The Bertz CT molecular complexity index is 769. The van der Waals surface area contributed by atoms with E-state index in [0.717, 1.165) is 5.56 Å². The summed E-state index contributed by atoms with van der Waals surface area (Å²) in [5, 5.41) is 12.9. The third kappa shape index (κ3) is 4.81. The van der Waals surface area contributed by atoms with Crippen molar-refractivity contribution in [3.8, 4) is 5.75 Å². The van der Waals surface area contributed by atoms with Gasteiger partial charge in [0.1, 0.15) is 5.75 Å². The van der Waals surface area contributed by atoms with Crippen molar-refractivity contribution < 1.29 is 19.4 Å². The number of nitrogens with zero attached hydrogens (tertiary/aromatic N) is 2. The first-order chi connectivity index (χ1) is 11.3. The van der Waals surface area contributed by atoms with Crippen LogP contribution in [0.25, 0.3) is 6.08 Å². The molecule has 1 heterocycles. The number of carboxylic acid groups (broad SMARTS) is 1. The Balaban J connectivity index is 2.07. The molecule has 6 heteroatoms. The normalized spacial score (nSPS) is 11.6. The first-order valence-electron chi connectivity index (χ1n) is 7.48. The number of allylic oxidation sites excluding steroid dienone is 1. The lowest BCUT2D eigenvalue weighted by molar-refractivity contribution is -0.139. The highest BCUT2D eigenvalue weighted by atomic mass is 16.5. The Morgan fingerprint density at radius 1 is 1.33 bits per heavy atom. The molecule has 0 aliphatic rings. The number of aromatic nitrogens is 2. The van der Waals surface area contributed by atoms with E-state index >= 15 is 0 Å². The quantitative estimate of drug-likeness (QED) is 0.651. The molecule has 0 amide bonds. The summed E-state index contributed by atoms with van der Waals surface area (Å²) in [6, 6.07) is 6.43. The molecule has 0 aliphatic carbocycles. The summed E-state index contributed by atoms with van der Waals surface area (Å²) < 4.78 is 6.90. The van der Waals surface area contributed by atoms with E-state index in [9.17, 15) is 9.59 Å². The zero-order chi connectivity index (χ0) is 17.7. The van der Waals surface area contributed by atoms with Gasteiger partial charge in [0.05, 0.1) is 11.7 Å². The van der Waals surface area contributed by atoms with Crippen LogP contribution in [0.2, 0.25) is 0 Å². The maximum atomic E-state index is 12.2. The van der Waals surface area contributed by atoms with Crippen molar-refractivity contribution in [2.45, 2.75) is 26.3 Å². The monoisotopic (exact) mass is 328 g/mol. The van der Waals surface area contributed by atoms with Crippen LogP contribution in [0.15, 0.2) is 42.7 Å². The highest BCUT2D eigenvalue weighted by Crippen LogP contribution is 2.16. The SMILES string of the molecule is CC(C)(C)n1cc(/C=C/C(=O)c2cccc(OCC(=O)O)c2)cn1. The van der Waals surface area contributed by atoms with Gasteiger partial charge in [-0.25, -0.2) is 4.79 Å². The molecule has 24 heavy (non-hydrogen) atoms. The lowest BCUT2D eigenvalue weighted by Crippen LogP contribution is -2.21. The molecule has 6 nitrogen and oxygen atoms in total. The summed E-state index contributed by atoms with van der Waals surface area (Å²) in [5.74, 6) is -0.918. The second-order valence-corrected chi connectivity index (χ2v) is 6.30. The van der Waals surface area contributed by atoms with Gasteiger partial charge < -0.3 is 9.84 Å². The van der Waals surface area contributed by atoms with Crippen LogP contribution in [0.3, 0.4) is 0 Å². The molecule has 0 saturated carbocycles. The first-order valence-corrected chi connectivity index (χ1v) is 7.48. The number of aliphatic carboxylic acids is 1. The van der Waals surface area contributed by atoms with Crippen molar-refractivity contribution in [1.29, 1.82) is 0 Å². The van der Waals surface area contributed by atoms with E-state index in [0.29, 0.717) is 11.3 Å². The third-order valence-electron chi connectivity index (χ3n) is 3.20. The molecule has 1 aromatic heterocycles. The lowest BCUT2D eigenvalue weighted by atomic mass is 10.1. The number of benzene rings is 1. The van der Waals surface area contributed by atoms with Gasteiger partial charge in [0, 0.05) is 17.3 Å². The molecule has 2 rings (SSSR count). The number of hydrogen-bond donors (Lipinski definition) is 1. The summed E-state index contributed by atoms with van der Waals surface area (Å²) in [6.07, 6.45) is 6.72. The van der Waals surface area contributed by atoms with Crippen LogP contribution in [0.5, 0.6) is 5.75 Å². The Morgan fingerprint density at radius 2 is 2.08 bits per heavy atom. The molecule has 126 valence electrons. The molecule has 0 atom stereocenters. The van der Waals surface area contributed by atoms with Gasteiger partial charge in [0.25, 0.3) is 0 Å². The molecule has 1 N–H and O–H groups in total. The standard InChI is InChI=1S/C18H20N2O4/c1-18(2,3)20-11-13(10-19-20)7-8-16(21)14-5-4-6-15(9-14)24-12-17(22)23/h4-11H,12H2,1-3H3,(H,22,23)/b8-7+. The minimum atomic E-state index is -1.07. The fourth-order valence-corrected chi connectivity index (χ4v) is 1.94. The summed E-state index contributed by atoms with van der Waals surface area (Å²) >= 11 is 0. The Morgan fingerprint density at radius 3 is 2.71 bits per heavy atom. The van der Waals surface area contributed by atoms with Gasteiger partial charge in [-0.3, -0.25) is 9.48 Å². The number of ether oxygens (including phenoxy) is 1. The van der Waals surface area contributed by atoms with Crippen molar-refractivity contribution in [3.05, 3.63) is 53.9 Å². The second kappa shape index (κ2) is 7.12. The highest BCUT2D eigenvalue weighted by Gasteiger charge is 2.13. The molecular formula is C18H20N2O4. The van der Waals surface area contributed by atoms with Crippen molar-refractivity contribution in [2.24, 2.45) is 0 Å². The molecule has 0 radical (unpaired) electrons. The van der Waals surface area contributed by atoms with Crippen molar-refractivity contribution >= 4 is 17.8 Å². The van der Waals surface area contributed by atoms with Gasteiger partial charge in [-0.1, -0.05) is 12.1 Å². The third-order valence-corrected chi connectivity index (χ3v) is 3.20. The molecule has 1 aromatic carbocycles. The van der Waals surface area contributed by atoms with Crippen LogP contribution in [0, 0.1) is 0 Å². The van der Waals surface area contributed by atoms with Crippen LogP contribution < -0.4 is 4.74 Å². The largest absolute Gasteiger partial charge is 0.482 e. The average Bonchev–Trinajstić information content (AvgIpc) is 3.00. The zero-order valence-corrected chi connectivity index (χ0v) is 13.9. The summed E-state index contributed by atoms with van der Waals surface area (Å²) in [5.41, 5.74) is 1.14. The number of carbonyl (C=O) groups is 2. The molecule has 0 saturated heterocycles. The average molecular weight is 328 g/mol. The van der Waals surface area contributed by atoms with E-state index in [1.54, 1.807) is 30.5 Å². The van der Waals surface area contributed by atoms with E-state index in [2.05, 4.69) is 5.10 Å². The van der Waals surface area contributed by atoms with E-state index in [-0.39, 0.29) is 11.3 Å². The fourth-order valence-electron chi connectivity index (χ4n) is 1.94. The molecule has 0 bridgehead atoms. The maximum Gasteiger partial charge on any atom is 0.341 e. The van der Waals surface area contributed by atoms with E-state index in [4.69, 9.17) is 9.84 Å². The maximum absolute atomic E-state index is 12.2. The van der Waals surface area contributed by atoms with E-state index in [1.807, 2.05) is 31.6 Å². The van der Waals surface area contributed by atoms with Crippen LogP contribution in [0.1, 0.15) is 36.7 Å². The van der Waals surface area contributed by atoms with Gasteiger partial charge in [-0.15, -0.1) is 0 Å². The van der Waals surface area contributed by atoms with E-state index in [1.165, 1.54) is 12.1 Å². The molecule has 2 aromatic rings. The Labute approximate surface area is 140 Å². The van der Waals surface area contributed by atoms with Gasteiger partial charge in [0.2, 0.25) is 0 Å². The zero-order valence-electron chi connectivity index (χ0n) is 13.9. The number of carboxylic acids is 1. The predicted molar refractivity (Wildman–Crippen MR) is 90.2 cm³/mol. The smallest absolute Gasteiger partial charge is 0.341 e. The van der Waals surface area contributed by atoms with Crippen molar-refractivity contribution in [2.75, 3.05) is 6.61 Å². The number of rotatable bonds is 6. The van der Waals surface area contributed by atoms with Gasteiger partial charge in [-0.2, -0.15) is 5.10 Å². The van der Waals surface area contributed by atoms with Crippen molar-refractivity contribution in [1.82, 2.24) is 9.78 Å². The van der Waals surface area contributed by atoms with Crippen LogP contribution in [-0.4, -0.2) is 33.2 Å². The highest BCUT2D eigenvalue weighted by molar-refractivity contribution is 6.07. The molecule has 0 aliphatic heterocycles. The van der Waals surface area contributed by atoms with Crippen LogP contribution in [-0.2, 0) is 10.3 Å². The predicted octanol–water partition coefficient (Wildman–Crippen LogP) is 3.00. The minimum absolute atomic E-state index is 0.119. The number of carbonyl (C=O) groups excluding carboxylic acids is 1. The van der Waals surface area contributed by atoms with Gasteiger partial charge >= 0.3 is 5.97 Å². The summed E-state index contributed by atoms with van der Waals surface area (Å²) in [7, 11) is 0. The van der Waals surface area contributed by atoms with E-state index < -0.39 is 12.6 Å². The minimum Gasteiger partial charge on any atom is -0.482 e. The first kappa shape index (κ1) is 17.5. The Hall–Kier alpha value is -2.89. The molecule has 0 unspecified atom stereocenters.